The van der Waals surface area contributed by atoms with Gasteiger partial charge in [0.15, 0.2) is 11.6 Å². The van der Waals surface area contributed by atoms with Crippen LogP contribution in [0, 0.1) is 11.6 Å². The number of carbonyl (C=O) groups is 1. The summed E-state index contributed by atoms with van der Waals surface area (Å²) in [5.74, 6) is -2.04. The van der Waals surface area contributed by atoms with Crippen LogP contribution in [-0.4, -0.2) is 36.7 Å². The average molecular weight is 295 g/mol. The predicted octanol–water partition coefficient (Wildman–Crippen LogP) is 2.29. The fraction of sp³-hybridized carbons (Fsp3) is 0.467. The Morgan fingerprint density at radius 3 is 2.57 bits per heavy atom. The molecule has 0 aromatic heterocycles. The molecule has 1 aliphatic heterocycles. The van der Waals surface area contributed by atoms with Crippen LogP contribution in [0.4, 0.5) is 8.78 Å². The van der Waals surface area contributed by atoms with E-state index < -0.39 is 11.6 Å². The summed E-state index contributed by atoms with van der Waals surface area (Å²) in [7, 11) is 0. The summed E-state index contributed by atoms with van der Waals surface area (Å²) in [6.45, 7) is 2.18. The number of benzene rings is 1. The zero-order valence-electron chi connectivity index (χ0n) is 11.8. The monoisotopic (exact) mass is 295 g/mol. The highest BCUT2D eigenvalue weighted by Crippen LogP contribution is 2.09. The number of hydrogen-bond acceptors (Lipinski definition) is 3. The molecule has 21 heavy (non-hydrogen) atoms. The van der Waals surface area contributed by atoms with E-state index in [2.05, 4.69) is 15.4 Å². The third kappa shape index (κ3) is 5.23. The third-order valence-electron chi connectivity index (χ3n) is 3.41. The van der Waals surface area contributed by atoms with Crippen molar-refractivity contribution >= 4 is 12.1 Å². The van der Waals surface area contributed by atoms with Crippen LogP contribution in [0.1, 0.15) is 31.2 Å². The molecule has 1 saturated heterocycles. The molecule has 6 heteroatoms. The van der Waals surface area contributed by atoms with Gasteiger partial charge in [0.25, 0.3) is 5.91 Å². The molecule has 0 unspecified atom stereocenters. The average Bonchev–Trinajstić information content (AvgIpc) is 2.71. The molecular formula is C15H19F2N3O. The fourth-order valence-corrected chi connectivity index (χ4v) is 2.30. The van der Waals surface area contributed by atoms with Crippen LogP contribution in [0.2, 0.25) is 0 Å². The molecule has 1 heterocycles. The highest BCUT2D eigenvalue weighted by Gasteiger charge is 2.12. The van der Waals surface area contributed by atoms with Crippen LogP contribution in [0.3, 0.4) is 0 Å². The van der Waals surface area contributed by atoms with Gasteiger partial charge in [0.05, 0.1) is 12.8 Å². The predicted molar refractivity (Wildman–Crippen MR) is 77.0 cm³/mol. The van der Waals surface area contributed by atoms with E-state index >= 15 is 0 Å². The minimum absolute atomic E-state index is 0.198. The minimum atomic E-state index is -0.935. The van der Waals surface area contributed by atoms with Crippen molar-refractivity contribution in [2.45, 2.75) is 25.7 Å². The molecule has 1 N–H and O–H groups in total. The smallest absolute Gasteiger partial charge is 0.254 e. The Balaban J connectivity index is 1.79. The molecule has 1 aromatic carbocycles. The lowest BCUT2D eigenvalue weighted by Crippen LogP contribution is -2.35. The summed E-state index contributed by atoms with van der Waals surface area (Å²) >= 11 is 0. The van der Waals surface area contributed by atoms with Crippen molar-refractivity contribution in [3.8, 4) is 0 Å². The van der Waals surface area contributed by atoms with E-state index in [1.54, 1.807) is 0 Å². The Kier molecular flexibility index (Phi) is 5.80. The molecule has 1 fully saturated rings. The van der Waals surface area contributed by atoms with Gasteiger partial charge in [-0.25, -0.2) is 14.2 Å². The van der Waals surface area contributed by atoms with Crippen molar-refractivity contribution < 1.29 is 13.6 Å². The van der Waals surface area contributed by atoms with Gasteiger partial charge in [0.1, 0.15) is 0 Å². The van der Waals surface area contributed by atoms with Gasteiger partial charge >= 0.3 is 0 Å². The van der Waals surface area contributed by atoms with E-state index in [4.69, 9.17) is 0 Å². The number of hydrogen-bond donors (Lipinski definition) is 1. The van der Waals surface area contributed by atoms with Crippen molar-refractivity contribution in [3.63, 3.8) is 0 Å². The molecular weight excluding hydrogens is 276 g/mol. The number of carbonyl (C=O) groups excluding carboxylic acids is 1. The summed E-state index contributed by atoms with van der Waals surface area (Å²) < 4.78 is 25.7. The summed E-state index contributed by atoms with van der Waals surface area (Å²) in [6, 6.07) is 3.44. The van der Waals surface area contributed by atoms with Gasteiger partial charge in [-0.1, -0.05) is 18.9 Å². The zero-order chi connectivity index (χ0) is 15.1. The van der Waals surface area contributed by atoms with Crippen molar-refractivity contribution in [1.29, 1.82) is 0 Å². The summed E-state index contributed by atoms with van der Waals surface area (Å²) in [4.78, 5) is 13.8. The second-order valence-corrected chi connectivity index (χ2v) is 5.16. The number of nitrogens with one attached hydrogen (secondary N) is 1. The Morgan fingerprint density at radius 2 is 1.90 bits per heavy atom. The quantitative estimate of drug-likeness (QED) is 0.684. The Hall–Kier alpha value is -1.82. The normalized spacial score (nSPS) is 16.9. The van der Waals surface area contributed by atoms with E-state index in [1.807, 2.05) is 0 Å². The van der Waals surface area contributed by atoms with E-state index in [0.717, 1.165) is 38.1 Å². The summed E-state index contributed by atoms with van der Waals surface area (Å²) in [5, 5.41) is 3.76. The van der Waals surface area contributed by atoms with E-state index in [1.165, 1.54) is 25.1 Å². The third-order valence-corrected chi connectivity index (χ3v) is 3.41. The van der Waals surface area contributed by atoms with Crippen LogP contribution in [0.15, 0.2) is 23.3 Å². The van der Waals surface area contributed by atoms with E-state index in [9.17, 15) is 13.6 Å². The van der Waals surface area contributed by atoms with Crippen LogP contribution in [-0.2, 0) is 4.79 Å². The Morgan fingerprint density at radius 1 is 1.19 bits per heavy atom. The molecule has 114 valence electrons. The molecule has 0 bridgehead atoms. The van der Waals surface area contributed by atoms with Crippen LogP contribution < -0.4 is 5.43 Å². The molecule has 0 aliphatic carbocycles. The van der Waals surface area contributed by atoms with Gasteiger partial charge in [-0.2, -0.15) is 5.10 Å². The molecule has 0 spiro atoms. The number of nitrogens with zero attached hydrogens (tertiary/aromatic N) is 2. The molecule has 4 nitrogen and oxygen atoms in total. The van der Waals surface area contributed by atoms with Crippen LogP contribution in [0.25, 0.3) is 0 Å². The molecule has 2 rings (SSSR count). The summed E-state index contributed by atoms with van der Waals surface area (Å²) in [5.41, 5.74) is 2.80. The largest absolute Gasteiger partial charge is 0.294 e. The first-order valence-corrected chi connectivity index (χ1v) is 7.14. The van der Waals surface area contributed by atoms with Gasteiger partial charge in [0, 0.05) is 0 Å². The van der Waals surface area contributed by atoms with Gasteiger partial charge < -0.3 is 0 Å². The molecule has 0 radical (unpaired) electrons. The van der Waals surface area contributed by atoms with E-state index in [0.29, 0.717) is 12.1 Å². The second kappa shape index (κ2) is 7.83. The highest BCUT2D eigenvalue weighted by molar-refractivity contribution is 5.83. The second-order valence-electron chi connectivity index (χ2n) is 5.16. The van der Waals surface area contributed by atoms with Crippen LogP contribution in [0.5, 0.6) is 0 Å². The van der Waals surface area contributed by atoms with Crippen LogP contribution >= 0.6 is 0 Å². The number of amides is 1. The first-order valence-electron chi connectivity index (χ1n) is 7.14. The number of hydrazone groups is 1. The van der Waals surface area contributed by atoms with Crippen molar-refractivity contribution in [2.75, 3.05) is 19.6 Å². The fourth-order valence-electron chi connectivity index (χ4n) is 2.30. The van der Waals surface area contributed by atoms with E-state index in [-0.39, 0.29) is 5.91 Å². The Bertz CT molecular complexity index is 512. The molecule has 0 saturated carbocycles. The zero-order valence-corrected chi connectivity index (χ0v) is 11.8. The lowest BCUT2D eigenvalue weighted by molar-refractivity contribution is -0.122. The maximum atomic E-state index is 13.0. The van der Waals surface area contributed by atoms with Gasteiger partial charge in [-0.15, -0.1) is 0 Å². The van der Waals surface area contributed by atoms with Crippen molar-refractivity contribution in [2.24, 2.45) is 5.10 Å². The maximum Gasteiger partial charge on any atom is 0.254 e. The number of halogens is 2. The topological polar surface area (TPSA) is 44.7 Å². The van der Waals surface area contributed by atoms with Crippen molar-refractivity contribution in [1.82, 2.24) is 10.3 Å². The Labute approximate surface area is 122 Å². The van der Waals surface area contributed by atoms with Gasteiger partial charge in [-0.05, 0) is 43.6 Å². The highest BCUT2D eigenvalue weighted by atomic mass is 19.2. The maximum absolute atomic E-state index is 13.0. The molecule has 1 amide bonds. The SMILES string of the molecule is O=C(CN1CCCCCC1)N/N=C\c1ccc(F)c(F)c1. The number of rotatable bonds is 4. The van der Waals surface area contributed by atoms with Gasteiger partial charge in [0.2, 0.25) is 0 Å². The number of likely N-dealkylation sites (tertiary alicyclic amines) is 1. The summed E-state index contributed by atoms with van der Waals surface area (Å²) in [6.07, 6.45) is 5.96. The minimum Gasteiger partial charge on any atom is -0.294 e. The lowest BCUT2D eigenvalue weighted by Gasteiger charge is -2.17. The molecule has 1 aliphatic rings. The molecule has 0 atom stereocenters. The standard InChI is InChI=1S/C15H19F2N3O/c16-13-6-5-12(9-14(13)17)10-18-19-15(21)11-20-7-3-1-2-4-8-20/h5-6,9-10H,1-4,7-8,11H2,(H,19,21)/b18-10-. The van der Waals surface area contributed by atoms with Crippen molar-refractivity contribution in [3.05, 3.63) is 35.4 Å². The lowest BCUT2D eigenvalue weighted by atomic mass is 10.2. The first-order chi connectivity index (χ1) is 10.1. The van der Waals surface area contributed by atoms with Gasteiger partial charge in [-0.3, -0.25) is 9.69 Å². The first kappa shape index (κ1) is 15.6. The molecule has 1 aromatic rings.